The highest BCUT2D eigenvalue weighted by molar-refractivity contribution is 5.89. The number of aliphatic carboxylic acids is 1. The van der Waals surface area contributed by atoms with E-state index in [1.165, 1.54) is 6.26 Å². The molecule has 2 rings (SSSR count). The predicted molar refractivity (Wildman–Crippen MR) is 42.2 cm³/mol. The Balaban J connectivity index is 2.42. The Morgan fingerprint density at radius 1 is 1.50 bits per heavy atom. The molecule has 1 aliphatic carbocycles. The molecule has 0 aromatic heterocycles. The summed E-state index contributed by atoms with van der Waals surface area (Å²) in [6, 6.07) is 0. The Labute approximate surface area is 69.6 Å². The van der Waals surface area contributed by atoms with Crippen LogP contribution in [-0.2, 0) is 9.53 Å². The summed E-state index contributed by atoms with van der Waals surface area (Å²) in [6.07, 6.45) is 6.55. The molecule has 1 heterocycles. The quantitative estimate of drug-likeness (QED) is 0.640. The van der Waals surface area contributed by atoms with Crippen molar-refractivity contribution in [2.75, 3.05) is 0 Å². The number of rotatable bonds is 1. The van der Waals surface area contributed by atoms with Crippen molar-refractivity contribution in [3.8, 4) is 0 Å². The predicted octanol–water partition coefficient (Wildman–Crippen LogP) is 1.59. The van der Waals surface area contributed by atoms with Crippen LogP contribution in [0.1, 0.15) is 12.8 Å². The molecule has 62 valence electrons. The maximum atomic E-state index is 10.7. The molecule has 0 radical (unpaired) electrons. The maximum Gasteiger partial charge on any atom is 0.335 e. The van der Waals surface area contributed by atoms with Crippen molar-refractivity contribution in [3.63, 3.8) is 0 Å². The van der Waals surface area contributed by atoms with E-state index in [2.05, 4.69) is 0 Å². The van der Waals surface area contributed by atoms with E-state index in [9.17, 15) is 4.79 Å². The number of allylic oxidation sites excluding steroid dienone is 3. The van der Waals surface area contributed by atoms with Gasteiger partial charge in [-0.25, -0.2) is 4.79 Å². The molecular weight excluding hydrogens is 156 g/mol. The zero-order valence-electron chi connectivity index (χ0n) is 6.41. The molecule has 3 heteroatoms. The molecule has 1 aliphatic heterocycles. The van der Waals surface area contributed by atoms with Crippen molar-refractivity contribution in [2.24, 2.45) is 0 Å². The first-order valence-electron chi connectivity index (χ1n) is 3.78. The van der Waals surface area contributed by atoms with Gasteiger partial charge in [0.2, 0.25) is 0 Å². The van der Waals surface area contributed by atoms with Crippen LogP contribution in [0.5, 0.6) is 0 Å². The van der Waals surface area contributed by atoms with Crippen molar-refractivity contribution in [1.29, 1.82) is 0 Å². The highest BCUT2D eigenvalue weighted by Crippen LogP contribution is 2.34. The van der Waals surface area contributed by atoms with Crippen LogP contribution in [0.2, 0.25) is 0 Å². The van der Waals surface area contributed by atoms with Crippen LogP contribution in [-0.4, -0.2) is 11.1 Å². The van der Waals surface area contributed by atoms with Gasteiger partial charge in [-0.2, -0.15) is 0 Å². The summed E-state index contributed by atoms with van der Waals surface area (Å²) < 4.78 is 5.13. The average Bonchev–Trinajstić information content (AvgIpc) is 2.47. The van der Waals surface area contributed by atoms with Gasteiger partial charge in [-0.3, -0.25) is 0 Å². The summed E-state index contributed by atoms with van der Waals surface area (Å²) in [6.45, 7) is 0. The number of hydrogen-bond acceptors (Lipinski definition) is 2. The van der Waals surface area contributed by atoms with E-state index in [0.29, 0.717) is 17.8 Å². The van der Waals surface area contributed by atoms with Crippen LogP contribution >= 0.6 is 0 Å². The molecule has 0 saturated heterocycles. The monoisotopic (exact) mass is 164 g/mol. The summed E-state index contributed by atoms with van der Waals surface area (Å²) in [4.78, 5) is 10.7. The normalized spacial score (nSPS) is 20.2. The van der Waals surface area contributed by atoms with E-state index >= 15 is 0 Å². The Morgan fingerprint density at radius 3 is 3.08 bits per heavy atom. The average molecular weight is 164 g/mol. The second-order valence-corrected chi connectivity index (χ2v) is 2.75. The molecule has 3 nitrogen and oxygen atoms in total. The minimum Gasteiger partial charge on any atom is -0.478 e. The van der Waals surface area contributed by atoms with E-state index in [1.54, 1.807) is 6.08 Å². The highest BCUT2D eigenvalue weighted by Gasteiger charge is 2.26. The summed E-state index contributed by atoms with van der Waals surface area (Å²) in [5, 5.41) is 8.76. The molecular formula is C9H8O3. The molecule has 0 saturated carbocycles. The minimum absolute atomic E-state index is 0.394. The molecule has 0 fully saturated rings. The fourth-order valence-corrected chi connectivity index (χ4v) is 1.45. The lowest BCUT2D eigenvalue weighted by Gasteiger charge is -2.07. The van der Waals surface area contributed by atoms with Gasteiger partial charge in [0.25, 0.3) is 0 Å². The fraction of sp³-hybridized carbons (Fsp3) is 0.222. The number of hydrogen-bond donors (Lipinski definition) is 1. The van der Waals surface area contributed by atoms with Gasteiger partial charge in [0.15, 0.2) is 0 Å². The second-order valence-electron chi connectivity index (χ2n) is 2.75. The zero-order chi connectivity index (χ0) is 8.55. The van der Waals surface area contributed by atoms with Gasteiger partial charge in [-0.15, -0.1) is 0 Å². The van der Waals surface area contributed by atoms with Crippen molar-refractivity contribution in [3.05, 3.63) is 35.3 Å². The van der Waals surface area contributed by atoms with Crippen LogP contribution in [0, 0.1) is 0 Å². The lowest BCUT2D eigenvalue weighted by Crippen LogP contribution is -2.01. The molecule has 1 N–H and O–H groups in total. The zero-order valence-corrected chi connectivity index (χ0v) is 6.41. The van der Waals surface area contributed by atoms with Crippen LogP contribution in [0.25, 0.3) is 0 Å². The van der Waals surface area contributed by atoms with Gasteiger partial charge < -0.3 is 9.84 Å². The molecule has 0 aromatic rings. The van der Waals surface area contributed by atoms with Crippen LogP contribution in [0.4, 0.5) is 0 Å². The van der Waals surface area contributed by atoms with Gasteiger partial charge in [0.1, 0.15) is 5.76 Å². The molecule has 2 aliphatic rings. The topological polar surface area (TPSA) is 46.5 Å². The van der Waals surface area contributed by atoms with Crippen molar-refractivity contribution in [2.45, 2.75) is 12.8 Å². The molecule has 0 bridgehead atoms. The van der Waals surface area contributed by atoms with E-state index < -0.39 is 5.97 Å². The van der Waals surface area contributed by atoms with Gasteiger partial charge in [0.05, 0.1) is 11.8 Å². The molecule has 0 aromatic carbocycles. The van der Waals surface area contributed by atoms with Gasteiger partial charge in [-0.05, 0) is 24.5 Å². The van der Waals surface area contributed by atoms with Crippen molar-refractivity contribution >= 4 is 5.97 Å². The van der Waals surface area contributed by atoms with E-state index in [-0.39, 0.29) is 0 Å². The van der Waals surface area contributed by atoms with Crippen LogP contribution < -0.4 is 0 Å². The summed E-state index contributed by atoms with van der Waals surface area (Å²) >= 11 is 0. The third-order valence-corrected chi connectivity index (χ3v) is 2.03. The van der Waals surface area contributed by atoms with Crippen molar-refractivity contribution in [1.82, 2.24) is 0 Å². The van der Waals surface area contributed by atoms with Gasteiger partial charge in [0, 0.05) is 0 Å². The Morgan fingerprint density at radius 2 is 2.33 bits per heavy atom. The third-order valence-electron chi connectivity index (χ3n) is 2.03. The number of fused-ring (bicyclic) bond motifs is 1. The fourth-order valence-electron chi connectivity index (χ4n) is 1.45. The van der Waals surface area contributed by atoms with E-state index in [0.717, 1.165) is 12.0 Å². The number of carboxylic acids is 1. The molecule has 0 spiro atoms. The number of carbonyl (C=O) groups is 1. The van der Waals surface area contributed by atoms with E-state index in [4.69, 9.17) is 9.84 Å². The first-order chi connectivity index (χ1) is 5.79. The minimum atomic E-state index is -0.872. The number of carboxylic acid groups (broad SMARTS) is 1. The Hall–Kier alpha value is -1.51. The van der Waals surface area contributed by atoms with E-state index in [1.807, 2.05) is 6.08 Å². The highest BCUT2D eigenvalue weighted by atomic mass is 16.5. The molecule has 0 unspecified atom stereocenters. The first-order valence-corrected chi connectivity index (χ1v) is 3.78. The molecule has 12 heavy (non-hydrogen) atoms. The summed E-state index contributed by atoms with van der Waals surface area (Å²) in [5.74, 6) is -0.325. The summed E-state index contributed by atoms with van der Waals surface area (Å²) in [7, 11) is 0. The van der Waals surface area contributed by atoms with Crippen LogP contribution in [0.3, 0.4) is 0 Å². The van der Waals surface area contributed by atoms with Gasteiger partial charge >= 0.3 is 5.97 Å². The maximum absolute atomic E-state index is 10.7. The van der Waals surface area contributed by atoms with Crippen LogP contribution in [0.15, 0.2) is 35.3 Å². The first kappa shape index (κ1) is 7.16. The SMILES string of the molecule is O=C(O)C1=C2OC=CC=C2CC1. The summed E-state index contributed by atoms with van der Waals surface area (Å²) in [5.41, 5.74) is 1.39. The lowest BCUT2D eigenvalue weighted by atomic mass is 10.2. The molecule has 0 amide bonds. The number of ether oxygens (including phenoxy) is 1. The van der Waals surface area contributed by atoms with Crippen molar-refractivity contribution < 1.29 is 14.6 Å². The standard InChI is InChI=1S/C9H8O3/c10-9(11)7-4-3-6-2-1-5-12-8(6)7/h1-2,5H,3-4H2,(H,10,11). The largest absolute Gasteiger partial charge is 0.478 e. The lowest BCUT2D eigenvalue weighted by molar-refractivity contribution is -0.132. The third kappa shape index (κ3) is 0.942. The second kappa shape index (κ2) is 2.52. The van der Waals surface area contributed by atoms with Gasteiger partial charge in [-0.1, -0.05) is 6.08 Å². The Kier molecular flexibility index (Phi) is 1.50. The molecule has 0 atom stereocenters. The smallest absolute Gasteiger partial charge is 0.335 e. The Bertz CT molecular complexity index is 321.